The van der Waals surface area contributed by atoms with Crippen molar-refractivity contribution in [1.29, 1.82) is 0 Å². The van der Waals surface area contributed by atoms with Crippen LogP contribution in [0.5, 0.6) is 0 Å². The molecule has 52 heavy (non-hydrogen) atoms. The van der Waals surface area contributed by atoms with E-state index >= 15 is 0 Å². The molecule has 3 heterocycles. The molecule has 0 saturated carbocycles. The summed E-state index contributed by atoms with van der Waals surface area (Å²) < 4.78 is 0. The van der Waals surface area contributed by atoms with Crippen molar-refractivity contribution >= 4 is 74.3 Å². The molecule has 0 saturated heterocycles. The van der Waals surface area contributed by atoms with Gasteiger partial charge < -0.3 is 14.7 Å². The summed E-state index contributed by atoms with van der Waals surface area (Å²) in [6.45, 7) is 0.0377. The summed E-state index contributed by atoms with van der Waals surface area (Å²) in [7, 11) is 0. The van der Waals surface area contributed by atoms with Gasteiger partial charge in [-0.05, 0) is 111 Å². The normalized spacial score (nSPS) is 13.2. The molecular weight excluding hydrogens is 629 g/mol. The van der Waals surface area contributed by atoms with Gasteiger partial charge in [-0.1, -0.05) is 121 Å². The maximum atomic E-state index is 2.53. The second-order valence-corrected chi connectivity index (χ2v) is 13.7. The average molecular weight is 662 g/mol. The molecule has 0 amide bonds. The van der Waals surface area contributed by atoms with Crippen molar-refractivity contribution in [1.82, 2.24) is 0 Å². The highest BCUT2D eigenvalue weighted by atomic mass is 15.2. The third kappa shape index (κ3) is 4.21. The molecular formula is C48H32BN3. The molecule has 0 fully saturated rings. The number of anilines is 9. The predicted molar refractivity (Wildman–Crippen MR) is 220 cm³/mol. The van der Waals surface area contributed by atoms with Crippen LogP contribution < -0.4 is 31.1 Å². The van der Waals surface area contributed by atoms with E-state index in [1.807, 2.05) is 0 Å². The fourth-order valence-electron chi connectivity index (χ4n) is 8.79. The first-order valence-electron chi connectivity index (χ1n) is 18.0. The summed E-state index contributed by atoms with van der Waals surface area (Å²) in [4.78, 5) is 7.53. The van der Waals surface area contributed by atoms with E-state index in [0.29, 0.717) is 0 Å². The molecule has 3 aliphatic rings. The molecule has 11 rings (SSSR count). The topological polar surface area (TPSA) is 9.72 Å². The van der Waals surface area contributed by atoms with Crippen molar-refractivity contribution in [3.63, 3.8) is 0 Å². The third-order valence-corrected chi connectivity index (χ3v) is 10.9. The zero-order chi connectivity index (χ0) is 34.2. The first-order chi connectivity index (χ1) is 25.8. The first kappa shape index (κ1) is 29.0. The lowest BCUT2D eigenvalue weighted by molar-refractivity contribution is 1.22. The second kappa shape index (κ2) is 11.4. The van der Waals surface area contributed by atoms with Gasteiger partial charge in [-0.25, -0.2) is 0 Å². The van der Waals surface area contributed by atoms with Crippen LogP contribution in [0.25, 0.3) is 22.3 Å². The lowest BCUT2D eigenvalue weighted by Gasteiger charge is -2.49. The molecule has 4 heteroatoms. The van der Waals surface area contributed by atoms with E-state index in [-0.39, 0.29) is 6.71 Å². The van der Waals surface area contributed by atoms with Crippen LogP contribution >= 0.6 is 0 Å². The molecule has 0 radical (unpaired) electrons. The zero-order valence-corrected chi connectivity index (χ0v) is 28.4. The Bertz CT molecular complexity index is 2470. The van der Waals surface area contributed by atoms with E-state index < -0.39 is 0 Å². The van der Waals surface area contributed by atoms with Crippen LogP contribution in [0.4, 0.5) is 51.2 Å². The molecule has 0 aliphatic carbocycles. The first-order valence-corrected chi connectivity index (χ1v) is 18.0. The molecule has 0 bridgehead atoms. The summed E-state index contributed by atoms with van der Waals surface area (Å²) in [5, 5.41) is 0. The van der Waals surface area contributed by atoms with Crippen LogP contribution in [-0.2, 0) is 0 Å². The lowest BCUT2D eigenvalue weighted by atomic mass is 9.31. The summed E-state index contributed by atoms with van der Waals surface area (Å²) in [6, 6.07) is 70.9. The van der Waals surface area contributed by atoms with Crippen LogP contribution in [0.3, 0.4) is 0 Å². The fraction of sp³-hybridized carbons (Fsp3) is 0. The Morgan fingerprint density at radius 1 is 0.250 bits per heavy atom. The molecule has 0 unspecified atom stereocenters. The smallest absolute Gasteiger partial charge is 0.257 e. The molecule has 3 nitrogen and oxygen atoms in total. The zero-order valence-electron chi connectivity index (χ0n) is 28.4. The highest BCUT2D eigenvalue weighted by molar-refractivity contribution is 7.02. The monoisotopic (exact) mass is 661 g/mol. The van der Waals surface area contributed by atoms with Crippen LogP contribution in [0.15, 0.2) is 194 Å². The minimum Gasteiger partial charge on any atom is -0.311 e. The van der Waals surface area contributed by atoms with Gasteiger partial charge in [0.15, 0.2) is 0 Å². The maximum Gasteiger partial charge on any atom is 0.257 e. The highest BCUT2D eigenvalue weighted by Gasteiger charge is 2.49. The van der Waals surface area contributed by atoms with Crippen LogP contribution in [0.1, 0.15) is 0 Å². The Morgan fingerprint density at radius 3 is 0.885 bits per heavy atom. The summed E-state index contributed by atoms with van der Waals surface area (Å²) in [6.07, 6.45) is 0. The molecule has 0 atom stereocenters. The van der Waals surface area contributed by atoms with Crippen molar-refractivity contribution in [2.45, 2.75) is 0 Å². The molecule has 8 aromatic rings. The van der Waals surface area contributed by atoms with Crippen LogP contribution in [0, 0.1) is 0 Å². The van der Waals surface area contributed by atoms with E-state index in [2.05, 4.69) is 209 Å². The Kier molecular flexibility index (Phi) is 6.35. The van der Waals surface area contributed by atoms with Gasteiger partial charge >= 0.3 is 0 Å². The van der Waals surface area contributed by atoms with Crippen molar-refractivity contribution in [2.24, 2.45) is 0 Å². The van der Waals surface area contributed by atoms with Crippen LogP contribution in [-0.4, -0.2) is 6.71 Å². The van der Waals surface area contributed by atoms with Crippen molar-refractivity contribution < 1.29 is 0 Å². The Labute approximate surface area is 304 Å². The standard InChI is InChI=1S/C48H32BN3/c1-6-17-33(18-7-1)35-29-42-47-44(31-35)52(39-25-14-5-15-26-39)45-32-36(34-19-8-2-9-20-34)30-43-48(45)49(47)46-40(50(42)37-21-10-3-11-22-37)27-16-28-41(46)51(43)38-23-12-4-13-24-38/h1-32H. The Hall–Kier alpha value is -6.78. The van der Waals surface area contributed by atoms with Gasteiger partial charge in [0.2, 0.25) is 0 Å². The predicted octanol–water partition coefficient (Wildman–Crippen LogP) is 10.9. The number of hydrogen-bond acceptors (Lipinski definition) is 3. The number of hydrogen-bond donors (Lipinski definition) is 0. The quantitative estimate of drug-likeness (QED) is 0.170. The fourth-order valence-corrected chi connectivity index (χ4v) is 8.79. The Morgan fingerprint density at radius 2 is 0.538 bits per heavy atom. The molecule has 8 aromatic carbocycles. The van der Waals surface area contributed by atoms with Gasteiger partial charge in [-0.3, -0.25) is 0 Å². The highest BCUT2D eigenvalue weighted by Crippen LogP contribution is 2.51. The number of rotatable bonds is 5. The summed E-state index contributed by atoms with van der Waals surface area (Å²) in [5.41, 5.74) is 19.5. The van der Waals surface area contributed by atoms with Crippen LogP contribution in [0.2, 0.25) is 0 Å². The van der Waals surface area contributed by atoms with Crippen molar-refractivity contribution in [2.75, 3.05) is 14.7 Å². The van der Waals surface area contributed by atoms with Gasteiger partial charge in [0.1, 0.15) is 0 Å². The van der Waals surface area contributed by atoms with E-state index in [1.54, 1.807) is 0 Å². The van der Waals surface area contributed by atoms with E-state index in [9.17, 15) is 0 Å². The largest absolute Gasteiger partial charge is 0.311 e. The number of para-hydroxylation sites is 3. The molecule has 0 N–H and O–H groups in total. The van der Waals surface area contributed by atoms with Crippen molar-refractivity contribution in [3.05, 3.63) is 194 Å². The maximum absolute atomic E-state index is 2.53. The molecule has 0 aromatic heterocycles. The molecule has 3 aliphatic heterocycles. The number of nitrogens with zero attached hydrogens (tertiary/aromatic N) is 3. The number of benzene rings is 8. The minimum absolute atomic E-state index is 0.0377. The SMILES string of the molecule is c1ccc(-c2cc3c4c(c2)N(c2ccccc2)c2cc(-c5ccccc5)cc5c2B4c2c(cccc2N5c2ccccc2)N3c2ccccc2)cc1. The molecule has 0 spiro atoms. The summed E-state index contributed by atoms with van der Waals surface area (Å²) >= 11 is 0. The van der Waals surface area contributed by atoms with E-state index in [1.165, 1.54) is 72.8 Å². The lowest BCUT2D eigenvalue weighted by Crippen LogP contribution is -2.64. The second-order valence-electron chi connectivity index (χ2n) is 13.7. The van der Waals surface area contributed by atoms with Gasteiger partial charge in [0.25, 0.3) is 6.71 Å². The average Bonchev–Trinajstić information content (AvgIpc) is 3.22. The minimum atomic E-state index is 0.0377. The van der Waals surface area contributed by atoms with E-state index in [0.717, 1.165) is 17.1 Å². The van der Waals surface area contributed by atoms with Gasteiger partial charge in [0.05, 0.1) is 0 Å². The van der Waals surface area contributed by atoms with E-state index in [4.69, 9.17) is 0 Å². The van der Waals surface area contributed by atoms with Gasteiger partial charge in [0, 0.05) is 51.2 Å². The van der Waals surface area contributed by atoms with Gasteiger partial charge in [-0.15, -0.1) is 0 Å². The van der Waals surface area contributed by atoms with Crippen molar-refractivity contribution in [3.8, 4) is 22.3 Å². The Balaban J connectivity index is 1.32. The molecule has 242 valence electrons. The summed E-state index contributed by atoms with van der Waals surface area (Å²) in [5.74, 6) is 0. The van der Waals surface area contributed by atoms with Gasteiger partial charge in [-0.2, -0.15) is 0 Å². The third-order valence-electron chi connectivity index (χ3n) is 10.9.